The summed E-state index contributed by atoms with van der Waals surface area (Å²) in [6.45, 7) is -0.474. The zero-order chi connectivity index (χ0) is 30.0. The summed E-state index contributed by atoms with van der Waals surface area (Å²) < 4.78 is 64.5. The molecular formula is C27H30BrClN4O7S2. The normalized spacial score (nSPS) is 25.5. The van der Waals surface area contributed by atoms with Crippen LogP contribution in [0.5, 0.6) is 5.75 Å². The minimum Gasteiger partial charge on any atom is -0.495 e. The molecule has 0 radical (unpaired) electrons. The van der Waals surface area contributed by atoms with Crippen LogP contribution in [0.25, 0.3) is 0 Å². The number of halogens is 2. The lowest BCUT2D eigenvalue weighted by Crippen LogP contribution is -2.76. The highest BCUT2D eigenvalue weighted by atomic mass is 79.9. The lowest BCUT2D eigenvalue weighted by molar-refractivity contribution is -0.167. The molecule has 2 saturated heterocycles. The molecule has 2 amide bonds. The van der Waals surface area contributed by atoms with Crippen LogP contribution in [0.15, 0.2) is 51.8 Å². The minimum absolute atomic E-state index is 0.0315. The number of piperazine rings is 1. The van der Waals surface area contributed by atoms with Gasteiger partial charge in [-0.1, -0.05) is 39.7 Å². The van der Waals surface area contributed by atoms with E-state index in [-0.39, 0.29) is 40.6 Å². The summed E-state index contributed by atoms with van der Waals surface area (Å²) in [6, 6.07) is 9.02. The summed E-state index contributed by atoms with van der Waals surface area (Å²) in [5.74, 6) is -0.858. The molecule has 42 heavy (non-hydrogen) atoms. The van der Waals surface area contributed by atoms with Crippen LogP contribution in [0, 0.1) is 0 Å². The third-order valence-electron chi connectivity index (χ3n) is 8.14. The van der Waals surface area contributed by atoms with E-state index >= 15 is 0 Å². The molecular weight excluding hydrogens is 672 g/mol. The largest absolute Gasteiger partial charge is 0.495 e. The Morgan fingerprint density at radius 2 is 1.67 bits per heavy atom. The van der Waals surface area contributed by atoms with Crippen LogP contribution in [-0.2, 0) is 36.1 Å². The maximum atomic E-state index is 14.4. The molecule has 4 aliphatic rings. The Morgan fingerprint density at radius 3 is 2.29 bits per heavy atom. The van der Waals surface area contributed by atoms with Crippen LogP contribution in [0.1, 0.15) is 31.2 Å². The number of methoxy groups -OCH3 is 1. The van der Waals surface area contributed by atoms with Crippen LogP contribution in [0.4, 0.5) is 0 Å². The number of benzene rings is 2. The van der Waals surface area contributed by atoms with Gasteiger partial charge in [-0.25, -0.2) is 21.6 Å². The molecule has 2 aliphatic carbocycles. The van der Waals surface area contributed by atoms with E-state index < -0.39 is 56.0 Å². The maximum Gasteiger partial charge on any atom is 0.248 e. The first-order valence-corrected chi connectivity index (χ1v) is 17.8. The van der Waals surface area contributed by atoms with Gasteiger partial charge in [-0.3, -0.25) is 9.59 Å². The maximum absolute atomic E-state index is 14.4. The minimum atomic E-state index is -4.41. The number of fused-ring (bicyclic) bond motifs is 1. The van der Waals surface area contributed by atoms with Crippen molar-refractivity contribution in [3.63, 3.8) is 0 Å². The van der Waals surface area contributed by atoms with Crippen molar-refractivity contribution in [1.29, 1.82) is 0 Å². The van der Waals surface area contributed by atoms with Crippen molar-refractivity contribution >= 4 is 59.4 Å². The topological polar surface area (TPSA) is 133 Å². The molecule has 1 N–H and O–H groups in total. The number of hydrogen-bond acceptors (Lipinski definition) is 7. The van der Waals surface area contributed by atoms with E-state index in [0.29, 0.717) is 12.8 Å². The first-order chi connectivity index (χ1) is 19.9. The molecule has 0 aromatic heterocycles. The molecule has 2 heterocycles. The average molecular weight is 702 g/mol. The molecule has 3 unspecified atom stereocenters. The summed E-state index contributed by atoms with van der Waals surface area (Å²) in [6.07, 6.45) is 1.57. The summed E-state index contributed by atoms with van der Waals surface area (Å²) in [5, 5.41) is -0.468. The molecule has 15 heteroatoms. The highest BCUT2D eigenvalue weighted by Crippen LogP contribution is 2.39. The number of carbonyl (C=O) groups excluding carboxylic acids is 2. The molecule has 2 saturated carbocycles. The molecule has 6 rings (SSSR count). The molecule has 0 spiro atoms. The van der Waals surface area contributed by atoms with Crippen molar-refractivity contribution in [2.75, 3.05) is 20.2 Å². The highest BCUT2D eigenvalue weighted by Gasteiger charge is 2.56. The van der Waals surface area contributed by atoms with E-state index in [1.807, 2.05) is 24.3 Å². The molecule has 2 aromatic carbocycles. The van der Waals surface area contributed by atoms with Crippen LogP contribution >= 0.6 is 27.5 Å². The number of nitrogens with zero attached hydrogens (tertiary/aromatic N) is 3. The van der Waals surface area contributed by atoms with Gasteiger partial charge in [0.15, 0.2) is 0 Å². The molecule has 226 valence electrons. The SMILES string of the molecule is COc1ccc(Cl)cc1S(=O)(=O)N1CC(NS(=O)(=O)C2CC2)C(=O)N2C(Cc3ccc(Br)cc3)C(=O)N(C3CC3)CC21. The zero-order valence-electron chi connectivity index (χ0n) is 22.6. The van der Waals surface area contributed by atoms with Crippen molar-refractivity contribution < 1.29 is 31.2 Å². The number of carbonyl (C=O) groups is 2. The predicted molar refractivity (Wildman–Crippen MR) is 158 cm³/mol. The number of sulfonamides is 2. The van der Waals surface area contributed by atoms with Crippen molar-refractivity contribution in [2.45, 2.75) is 66.5 Å². The number of nitrogens with one attached hydrogen (secondary N) is 1. The Morgan fingerprint density at radius 1 is 0.976 bits per heavy atom. The molecule has 11 nitrogen and oxygen atoms in total. The fourth-order valence-corrected chi connectivity index (χ4v) is 9.49. The second-order valence-corrected chi connectivity index (χ2v) is 16.3. The van der Waals surface area contributed by atoms with Crippen LogP contribution in [0.3, 0.4) is 0 Å². The van der Waals surface area contributed by atoms with Crippen molar-refractivity contribution in [3.8, 4) is 5.75 Å². The van der Waals surface area contributed by atoms with E-state index in [0.717, 1.165) is 27.2 Å². The quantitative estimate of drug-likeness (QED) is 0.425. The van der Waals surface area contributed by atoms with Crippen LogP contribution < -0.4 is 9.46 Å². The second kappa shape index (κ2) is 11.0. The highest BCUT2D eigenvalue weighted by molar-refractivity contribution is 9.10. The number of ether oxygens (including phenoxy) is 1. The van der Waals surface area contributed by atoms with E-state index in [1.165, 1.54) is 30.2 Å². The average Bonchev–Trinajstić information content (AvgIpc) is 3.85. The van der Waals surface area contributed by atoms with Crippen molar-refractivity contribution in [2.24, 2.45) is 0 Å². The lowest BCUT2D eigenvalue weighted by Gasteiger charge is -2.53. The first-order valence-electron chi connectivity index (χ1n) is 13.6. The Bertz CT molecular complexity index is 1630. The summed E-state index contributed by atoms with van der Waals surface area (Å²) in [7, 11) is -6.96. The van der Waals surface area contributed by atoms with Crippen molar-refractivity contribution in [3.05, 3.63) is 57.5 Å². The fourth-order valence-electron chi connectivity index (χ4n) is 5.70. The van der Waals surface area contributed by atoms with Crippen LogP contribution in [0.2, 0.25) is 5.02 Å². The van der Waals surface area contributed by atoms with Gasteiger partial charge < -0.3 is 14.5 Å². The zero-order valence-corrected chi connectivity index (χ0v) is 26.6. The van der Waals surface area contributed by atoms with E-state index in [1.54, 1.807) is 4.90 Å². The van der Waals surface area contributed by atoms with Crippen LogP contribution in [-0.4, -0.2) is 92.5 Å². The van der Waals surface area contributed by atoms with Crippen molar-refractivity contribution in [1.82, 2.24) is 18.8 Å². The van der Waals surface area contributed by atoms with Gasteiger partial charge in [0.1, 0.15) is 28.9 Å². The predicted octanol–water partition coefficient (Wildman–Crippen LogP) is 2.34. The Hall–Kier alpha value is -2.23. The molecule has 3 atom stereocenters. The molecule has 2 aliphatic heterocycles. The van der Waals surface area contributed by atoms with Gasteiger partial charge in [-0.2, -0.15) is 4.31 Å². The molecule has 2 aromatic rings. The third kappa shape index (κ3) is 5.57. The summed E-state index contributed by atoms with van der Waals surface area (Å²) in [5.41, 5.74) is 0.771. The van der Waals surface area contributed by atoms with E-state index in [4.69, 9.17) is 16.3 Å². The van der Waals surface area contributed by atoms with Gasteiger partial charge in [-0.05, 0) is 61.6 Å². The smallest absolute Gasteiger partial charge is 0.248 e. The van der Waals surface area contributed by atoms with Gasteiger partial charge in [0.05, 0.1) is 18.9 Å². The first kappa shape index (κ1) is 29.8. The van der Waals surface area contributed by atoms with Gasteiger partial charge >= 0.3 is 0 Å². The van der Waals surface area contributed by atoms with E-state index in [2.05, 4.69) is 20.7 Å². The lowest BCUT2D eigenvalue weighted by atomic mass is 9.97. The fraction of sp³-hybridized carbons (Fsp3) is 0.481. The molecule has 0 bridgehead atoms. The Labute approximate surface area is 258 Å². The van der Waals surface area contributed by atoms with Gasteiger partial charge in [-0.15, -0.1) is 0 Å². The van der Waals surface area contributed by atoms with Gasteiger partial charge in [0.2, 0.25) is 31.9 Å². The van der Waals surface area contributed by atoms with Gasteiger partial charge in [0.25, 0.3) is 0 Å². The summed E-state index contributed by atoms with van der Waals surface area (Å²) in [4.78, 5) is 30.8. The Balaban J connectivity index is 1.46. The van der Waals surface area contributed by atoms with E-state index in [9.17, 15) is 26.4 Å². The standard InChI is InChI=1S/C27H30BrClN4O7S2/c1-40-23-11-6-18(29)13-24(23)42(38,39)32-14-21(30-41(36,37)20-9-10-20)26(34)33-22(12-16-2-4-17(28)5-3-16)27(35)31(15-25(32)33)19-7-8-19/h2-6,11,13,19-22,25,30H,7-10,12,14-15H2,1H3. The number of amides is 2. The summed E-state index contributed by atoms with van der Waals surface area (Å²) >= 11 is 9.61. The monoisotopic (exact) mass is 700 g/mol. The van der Waals surface area contributed by atoms with Gasteiger partial charge in [0, 0.05) is 28.5 Å². The Kier molecular flexibility index (Phi) is 7.84. The molecule has 4 fully saturated rings. The second-order valence-electron chi connectivity index (χ2n) is 11.1. The number of rotatable bonds is 9. The number of hydrogen-bond donors (Lipinski definition) is 1. The third-order valence-corrected chi connectivity index (χ3v) is 12.8.